The van der Waals surface area contributed by atoms with Gasteiger partial charge in [0.1, 0.15) is 28.6 Å². The molecule has 2 fully saturated rings. The summed E-state index contributed by atoms with van der Waals surface area (Å²) in [5, 5.41) is 8.36. The first-order chi connectivity index (χ1) is 17.7. The summed E-state index contributed by atoms with van der Waals surface area (Å²) in [7, 11) is 3.32. The van der Waals surface area contributed by atoms with E-state index in [1.54, 1.807) is 14.2 Å². The topological polar surface area (TPSA) is 112 Å². The summed E-state index contributed by atoms with van der Waals surface area (Å²) in [5.41, 5.74) is 8.82. The Morgan fingerprint density at radius 3 is 2.30 bits per heavy atom. The molecule has 9 nitrogen and oxygen atoms in total. The Bertz CT molecular complexity index is 1220. The number of nitrogens with two attached hydrogens (primary N) is 1. The lowest BCUT2D eigenvalue weighted by Crippen LogP contribution is -2.41. The molecule has 0 bridgehead atoms. The number of nitrogens with one attached hydrogen (secondary N) is 1. The number of piperidine rings is 1. The molecule has 3 heterocycles. The van der Waals surface area contributed by atoms with Crippen LogP contribution in [0.15, 0.2) is 24.8 Å². The molecule has 3 N–H and O–H groups in total. The molecule has 1 aromatic heterocycles. The molecule has 1 aliphatic carbocycles. The molecule has 0 radical (unpaired) electrons. The lowest BCUT2D eigenvalue weighted by atomic mass is 9.87. The molecule has 1 saturated carbocycles. The van der Waals surface area contributed by atoms with Gasteiger partial charge in [-0.1, -0.05) is 20.4 Å². The van der Waals surface area contributed by atoms with Crippen molar-refractivity contribution in [1.82, 2.24) is 14.7 Å². The van der Waals surface area contributed by atoms with Gasteiger partial charge in [0.2, 0.25) is 5.91 Å². The van der Waals surface area contributed by atoms with Gasteiger partial charge in [-0.05, 0) is 61.1 Å². The van der Waals surface area contributed by atoms with Crippen LogP contribution in [0.2, 0.25) is 0 Å². The Morgan fingerprint density at radius 2 is 1.78 bits per heavy atom. The van der Waals surface area contributed by atoms with Crippen LogP contribution in [0, 0.1) is 11.3 Å². The molecule has 1 saturated heterocycles. The molecule has 1 aromatic carbocycles. The summed E-state index contributed by atoms with van der Waals surface area (Å²) in [6, 6.07) is 4.00. The van der Waals surface area contributed by atoms with Crippen molar-refractivity contribution in [3.05, 3.63) is 35.9 Å². The maximum atomic E-state index is 12.8. The number of amides is 2. The van der Waals surface area contributed by atoms with Gasteiger partial charge in [-0.2, -0.15) is 5.10 Å². The Hall–Kier alpha value is -3.49. The van der Waals surface area contributed by atoms with Crippen LogP contribution >= 0.6 is 0 Å². The summed E-state index contributed by atoms with van der Waals surface area (Å²) < 4.78 is 13.6. The maximum Gasteiger partial charge on any atom is 0.254 e. The van der Waals surface area contributed by atoms with Gasteiger partial charge in [0.25, 0.3) is 5.91 Å². The summed E-state index contributed by atoms with van der Waals surface area (Å²) in [6.45, 7) is 10.2. The SMILES string of the molecule is C=CC(=O)N1CCC(C2CCNc3c(C(N)=O)c(-c4cc(OC)c(C5CC5(C)C)c(OC)c4)nn32)CC1. The van der Waals surface area contributed by atoms with E-state index in [1.807, 2.05) is 21.7 Å². The number of likely N-dealkylation sites (tertiary alicyclic amines) is 1. The standard InChI is InChI=1S/C28H37N5O4/c1-6-22(34)32-11-8-16(9-12-32)19-7-10-30-27-24(26(29)35)25(31-33(19)27)17-13-20(36-4)23(21(14-17)37-5)18-15-28(18,2)3/h6,13-14,16,18-19,30H,1,7-12,15H2,2-5H3,(H2,29,35). The number of anilines is 1. The predicted octanol–water partition coefficient (Wildman–Crippen LogP) is 3.96. The zero-order valence-corrected chi connectivity index (χ0v) is 22.2. The maximum absolute atomic E-state index is 12.8. The lowest BCUT2D eigenvalue weighted by Gasteiger charge is -2.38. The highest BCUT2D eigenvalue weighted by atomic mass is 16.5. The van der Waals surface area contributed by atoms with Crippen LogP contribution in [0.1, 0.15) is 67.4 Å². The van der Waals surface area contributed by atoms with Crippen LogP contribution in [0.3, 0.4) is 0 Å². The third-order valence-electron chi connectivity index (χ3n) is 8.45. The molecule has 198 valence electrons. The van der Waals surface area contributed by atoms with Crippen LogP contribution in [-0.4, -0.2) is 60.3 Å². The van der Waals surface area contributed by atoms with Gasteiger partial charge in [0, 0.05) is 30.8 Å². The third kappa shape index (κ3) is 4.34. The van der Waals surface area contributed by atoms with Crippen LogP contribution in [0.4, 0.5) is 5.82 Å². The minimum atomic E-state index is -0.527. The number of carbonyl (C=O) groups excluding carboxylic acids is 2. The zero-order chi connectivity index (χ0) is 26.5. The van der Waals surface area contributed by atoms with Gasteiger partial charge in [-0.25, -0.2) is 4.68 Å². The van der Waals surface area contributed by atoms with E-state index >= 15 is 0 Å². The Balaban J connectivity index is 1.54. The summed E-state index contributed by atoms with van der Waals surface area (Å²) in [4.78, 5) is 26.6. The fraction of sp³-hybridized carbons (Fsp3) is 0.536. The highest BCUT2D eigenvalue weighted by Crippen LogP contribution is 2.62. The normalized spacial score (nSPS) is 22.5. The van der Waals surface area contributed by atoms with Gasteiger partial charge in [-0.3, -0.25) is 9.59 Å². The first-order valence-electron chi connectivity index (χ1n) is 13.0. The molecular weight excluding hydrogens is 470 g/mol. The number of hydrogen-bond donors (Lipinski definition) is 2. The van der Waals surface area contributed by atoms with Crippen LogP contribution in [0.25, 0.3) is 11.3 Å². The fourth-order valence-electron chi connectivity index (χ4n) is 6.19. The second kappa shape index (κ2) is 9.43. The molecule has 3 aliphatic rings. The quantitative estimate of drug-likeness (QED) is 0.549. The summed E-state index contributed by atoms with van der Waals surface area (Å²) >= 11 is 0. The van der Waals surface area contributed by atoms with Crippen molar-refractivity contribution in [1.29, 1.82) is 0 Å². The first kappa shape index (κ1) is 25.2. The number of fused-ring (bicyclic) bond motifs is 1. The molecule has 2 amide bonds. The van der Waals surface area contributed by atoms with Crippen molar-refractivity contribution < 1.29 is 19.1 Å². The lowest BCUT2D eigenvalue weighted by molar-refractivity contribution is -0.127. The number of primary amides is 1. The second-order valence-electron chi connectivity index (χ2n) is 11.1. The van der Waals surface area contributed by atoms with Crippen molar-refractivity contribution in [3.63, 3.8) is 0 Å². The molecule has 2 aromatic rings. The Morgan fingerprint density at radius 1 is 1.16 bits per heavy atom. The van der Waals surface area contributed by atoms with Gasteiger partial charge in [0.05, 0.1) is 20.3 Å². The highest BCUT2D eigenvalue weighted by Gasteiger charge is 2.49. The molecular formula is C28H37N5O4. The smallest absolute Gasteiger partial charge is 0.254 e. The number of ether oxygens (including phenoxy) is 2. The van der Waals surface area contributed by atoms with E-state index in [0.717, 1.165) is 54.9 Å². The Kier molecular flexibility index (Phi) is 6.41. The number of rotatable bonds is 7. The molecule has 0 spiro atoms. The number of nitrogens with zero attached hydrogens (tertiary/aromatic N) is 3. The van der Waals surface area contributed by atoms with E-state index in [1.165, 1.54) is 6.08 Å². The van der Waals surface area contributed by atoms with Crippen molar-refractivity contribution in [2.24, 2.45) is 17.1 Å². The molecule has 5 rings (SSSR count). The van der Waals surface area contributed by atoms with Crippen LogP contribution in [-0.2, 0) is 4.79 Å². The highest BCUT2D eigenvalue weighted by molar-refractivity contribution is 6.04. The molecule has 2 atom stereocenters. The first-order valence-corrected chi connectivity index (χ1v) is 13.0. The van der Waals surface area contributed by atoms with Crippen LogP contribution in [0.5, 0.6) is 11.5 Å². The van der Waals surface area contributed by atoms with E-state index in [-0.39, 0.29) is 17.4 Å². The fourth-order valence-corrected chi connectivity index (χ4v) is 6.19. The number of methoxy groups -OCH3 is 2. The molecule has 2 unspecified atom stereocenters. The minimum absolute atomic E-state index is 0.0252. The monoisotopic (exact) mass is 507 g/mol. The number of carbonyl (C=O) groups is 2. The van der Waals surface area contributed by atoms with Gasteiger partial charge < -0.3 is 25.4 Å². The van der Waals surface area contributed by atoms with Gasteiger partial charge in [0.15, 0.2) is 0 Å². The van der Waals surface area contributed by atoms with Gasteiger partial charge in [-0.15, -0.1) is 0 Å². The van der Waals surface area contributed by atoms with E-state index in [9.17, 15) is 9.59 Å². The van der Waals surface area contributed by atoms with Crippen molar-refractivity contribution in [3.8, 4) is 22.8 Å². The predicted molar refractivity (Wildman–Crippen MR) is 142 cm³/mol. The third-order valence-corrected chi connectivity index (χ3v) is 8.45. The Labute approximate surface area is 218 Å². The minimum Gasteiger partial charge on any atom is -0.496 e. The van der Waals surface area contributed by atoms with Crippen molar-refractivity contribution in [2.75, 3.05) is 39.2 Å². The van der Waals surface area contributed by atoms with Gasteiger partial charge >= 0.3 is 0 Å². The van der Waals surface area contributed by atoms with Crippen molar-refractivity contribution >= 4 is 17.6 Å². The molecule has 37 heavy (non-hydrogen) atoms. The van der Waals surface area contributed by atoms with E-state index < -0.39 is 5.91 Å². The molecule has 9 heteroatoms. The average molecular weight is 508 g/mol. The number of hydrogen-bond acceptors (Lipinski definition) is 6. The summed E-state index contributed by atoms with van der Waals surface area (Å²) in [6.07, 6.45) is 5.07. The van der Waals surface area contributed by atoms with E-state index in [0.29, 0.717) is 42.0 Å². The number of benzene rings is 1. The summed E-state index contributed by atoms with van der Waals surface area (Å²) in [5.74, 6) is 2.26. The molecule has 2 aliphatic heterocycles. The zero-order valence-electron chi connectivity index (χ0n) is 22.2. The van der Waals surface area contributed by atoms with Crippen LogP contribution < -0.4 is 20.5 Å². The van der Waals surface area contributed by atoms with E-state index in [2.05, 4.69) is 25.7 Å². The largest absolute Gasteiger partial charge is 0.496 e. The second-order valence-corrected chi connectivity index (χ2v) is 11.1. The average Bonchev–Trinajstić information content (AvgIpc) is 3.34. The van der Waals surface area contributed by atoms with E-state index in [4.69, 9.17) is 20.3 Å². The van der Waals surface area contributed by atoms with Crippen molar-refractivity contribution in [2.45, 2.75) is 51.5 Å². The number of aromatic nitrogens is 2.